The van der Waals surface area contributed by atoms with Crippen LogP contribution in [-0.4, -0.2) is 41.3 Å². The van der Waals surface area contributed by atoms with E-state index in [2.05, 4.69) is 6.92 Å². The van der Waals surface area contributed by atoms with Crippen LogP contribution >= 0.6 is 0 Å². The minimum absolute atomic E-state index is 0.109. The highest BCUT2D eigenvalue weighted by Crippen LogP contribution is 2.50. The molecular formula is C14H23NO4. The molecule has 3 fully saturated rings. The second kappa shape index (κ2) is 4.39. The van der Waals surface area contributed by atoms with Gasteiger partial charge in [-0.25, -0.2) is 9.59 Å². The van der Waals surface area contributed by atoms with Gasteiger partial charge in [-0.3, -0.25) is 4.90 Å². The van der Waals surface area contributed by atoms with Gasteiger partial charge in [-0.1, -0.05) is 6.92 Å². The second-order valence-corrected chi connectivity index (χ2v) is 6.78. The Kier molecular flexibility index (Phi) is 3.27. The van der Waals surface area contributed by atoms with Crippen LogP contribution in [-0.2, 0) is 14.3 Å². The average molecular weight is 269 g/mol. The van der Waals surface area contributed by atoms with Crippen LogP contribution in [0.25, 0.3) is 0 Å². The molecule has 0 aromatic carbocycles. The summed E-state index contributed by atoms with van der Waals surface area (Å²) in [5, 5.41) is 0. The normalized spacial score (nSPS) is 33.4. The third-order valence-corrected chi connectivity index (χ3v) is 3.92. The molecule has 0 aromatic heterocycles. The number of methoxy groups -OCH3 is 1. The fourth-order valence-electron chi connectivity index (χ4n) is 3.40. The van der Waals surface area contributed by atoms with Crippen molar-refractivity contribution in [2.45, 2.75) is 64.1 Å². The van der Waals surface area contributed by atoms with E-state index in [-0.39, 0.29) is 12.0 Å². The first-order valence-electron chi connectivity index (χ1n) is 6.80. The van der Waals surface area contributed by atoms with Crippen molar-refractivity contribution in [1.29, 1.82) is 0 Å². The zero-order valence-corrected chi connectivity index (χ0v) is 12.4. The van der Waals surface area contributed by atoms with Crippen molar-refractivity contribution in [3.05, 3.63) is 0 Å². The van der Waals surface area contributed by atoms with E-state index in [1.165, 1.54) is 7.11 Å². The molecule has 108 valence electrons. The number of nitrogens with zero attached hydrogens (tertiary/aromatic N) is 1. The van der Waals surface area contributed by atoms with E-state index in [1.807, 2.05) is 20.8 Å². The Morgan fingerprint density at radius 3 is 2.42 bits per heavy atom. The van der Waals surface area contributed by atoms with Crippen LogP contribution in [0.5, 0.6) is 0 Å². The molecule has 5 nitrogen and oxygen atoms in total. The van der Waals surface area contributed by atoms with Crippen molar-refractivity contribution in [2.75, 3.05) is 7.11 Å². The van der Waals surface area contributed by atoms with E-state index < -0.39 is 17.2 Å². The fraction of sp³-hybridized carbons (Fsp3) is 0.857. The highest BCUT2D eigenvalue weighted by Gasteiger charge is 2.64. The van der Waals surface area contributed by atoms with Crippen molar-refractivity contribution >= 4 is 12.1 Å². The number of hydrogen-bond donors (Lipinski definition) is 0. The number of carbonyl (C=O) groups excluding carboxylic acids is 2. The minimum atomic E-state index is -0.792. The third-order valence-electron chi connectivity index (χ3n) is 3.92. The second-order valence-electron chi connectivity index (χ2n) is 6.78. The zero-order valence-electron chi connectivity index (χ0n) is 12.4. The summed E-state index contributed by atoms with van der Waals surface area (Å²) in [6.45, 7) is 7.59. The summed E-state index contributed by atoms with van der Waals surface area (Å²) in [7, 11) is 1.37. The highest BCUT2D eigenvalue weighted by atomic mass is 16.6. The Morgan fingerprint density at radius 1 is 1.26 bits per heavy atom. The van der Waals surface area contributed by atoms with Gasteiger partial charge in [-0.2, -0.15) is 0 Å². The molecule has 3 atom stereocenters. The van der Waals surface area contributed by atoms with Gasteiger partial charge >= 0.3 is 12.1 Å². The van der Waals surface area contributed by atoms with Gasteiger partial charge in [-0.05, 0) is 39.5 Å². The summed E-state index contributed by atoms with van der Waals surface area (Å²) in [4.78, 5) is 26.0. The van der Waals surface area contributed by atoms with Gasteiger partial charge in [0, 0.05) is 12.5 Å². The number of carbonyl (C=O) groups is 2. The summed E-state index contributed by atoms with van der Waals surface area (Å²) >= 11 is 0. The number of piperidine rings is 1. The van der Waals surface area contributed by atoms with E-state index in [0.29, 0.717) is 18.8 Å². The van der Waals surface area contributed by atoms with Crippen molar-refractivity contribution in [3.8, 4) is 0 Å². The van der Waals surface area contributed by atoms with Crippen LogP contribution < -0.4 is 0 Å². The first kappa shape index (κ1) is 14.2. The molecule has 2 bridgehead atoms. The van der Waals surface area contributed by atoms with Gasteiger partial charge in [-0.15, -0.1) is 0 Å². The van der Waals surface area contributed by atoms with E-state index in [9.17, 15) is 9.59 Å². The molecule has 0 radical (unpaired) electrons. The monoisotopic (exact) mass is 269 g/mol. The molecular weight excluding hydrogens is 246 g/mol. The lowest BCUT2D eigenvalue weighted by Crippen LogP contribution is -2.75. The third kappa shape index (κ3) is 2.30. The van der Waals surface area contributed by atoms with E-state index in [4.69, 9.17) is 9.47 Å². The van der Waals surface area contributed by atoms with Crippen molar-refractivity contribution < 1.29 is 19.1 Å². The van der Waals surface area contributed by atoms with Crippen LogP contribution in [0.2, 0.25) is 0 Å². The zero-order chi connectivity index (χ0) is 14.4. The standard InChI is InChI=1S/C14H23NO4/c1-9-6-10-8-14(7-9,11(16)18-5)15(10)12(17)19-13(2,3)4/h9-10H,6-8H2,1-5H3/t9-,10-,14?/m1/s1. The van der Waals surface area contributed by atoms with Crippen LogP contribution in [0.15, 0.2) is 0 Å². The molecule has 5 heteroatoms. The predicted octanol–water partition coefficient (Wildman–Crippen LogP) is 2.34. The number of esters is 1. The molecule has 1 saturated carbocycles. The smallest absolute Gasteiger partial charge is 0.411 e. The quantitative estimate of drug-likeness (QED) is 0.686. The molecule has 0 aromatic rings. The minimum Gasteiger partial charge on any atom is -0.467 e. The first-order valence-corrected chi connectivity index (χ1v) is 6.80. The maximum atomic E-state index is 12.3. The summed E-state index contributed by atoms with van der Waals surface area (Å²) < 4.78 is 10.3. The number of hydrogen-bond acceptors (Lipinski definition) is 4. The molecule has 19 heavy (non-hydrogen) atoms. The van der Waals surface area contributed by atoms with E-state index >= 15 is 0 Å². The lowest BCUT2D eigenvalue weighted by Gasteiger charge is -2.60. The van der Waals surface area contributed by atoms with Crippen LogP contribution in [0.4, 0.5) is 4.79 Å². The molecule has 1 amide bonds. The Labute approximate surface area is 114 Å². The van der Waals surface area contributed by atoms with Gasteiger partial charge in [0.15, 0.2) is 0 Å². The molecule has 2 aliphatic heterocycles. The van der Waals surface area contributed by atoms with Crippen molar-refractivity contribution in [2.24, 2.45) is 5.92 Å². The Hall–Kier alpha value is -1.26. The van der Waals surface area contributed by atoms with E-state index in [1.54, 1.807) is 4.90 Å². The average Bonchev–Trinajstić information content (AvgIpc) is 2.23. The number of amides is 1. The SMILES string of the molecule is COC(=O)C12C[C@H](C)C[C@H](C1)N2C(=O)OC(C)(C)C. The van der Waals surface area contributed by atoms with Crippen LogP contribution in [0.1, 0.15) is 47.0 Å². The molecule has 1 aliphatic carbocycles. The van der Waals surface area contributed by atoms with Gasteiger partial charge in [0.25, 0.3) is 0 Å². The summed E-state index contributed by atoms with van der Waals surface area (Å²) in [5.74, 6) is 0.109. The molecule has 3 rings (SSSR count). The van der Waals surface area contributed by atoms with E-state index in [0.717, 1.165) is 6.42 Å². The van der Waals surface area contributed by atoms with Crippen molar-refractivity contribution in [3.63, 3.8) is 0 Å². The summed E-state index contributed by atoms with van der Waals surface area (Å²) in [5.41, 5.74) is -1.34. The largest absolute Gasteiger partial charge is 0.467 e. The molecule has 0 spiro atoms. The van der Waals surface area contributed by atoms with Gasteiger partial charge < -0.3 is 9.47 Å². The maximum Gasteiger partial charge on any atom is 0.411 e. The summed E-state index contributed by atoms with van der Waals surface area (Å²) in [6.07, 6.45) is 1.89. The molecule has 2 saturated heterocycles. The molecule has 0 N–H and O–H groups in total. The van der Waals surface area contributed by atoms with Crippen LogP contribution in [0.3, 0.4) is 0 Å². The molecule has 2 heterocycles. The van der Waals surface area contributed by atoms with Crippen molar-refractivity contribution in [1.82, 2.24) is 4.90 Å². The maximum absolute atomic E-state index is 12.3. The van der Waals surface area contributed by atoms with Gasteiger partial charge in [0.1, 0.15) is 11.1 Å². The van der Waals surface area contributed by atoms with Gasteiger partial charge in [0.2, 0.25) is 0 Å². The Bertz CT molecular complexity index is 401. The Balaban J connectivity index is 2.20. The first-order chi connectivity index (χ1) is 8.69. The predicted molar refractivity (Wildman–Crippen MR) is 69.6 cm³/mol. The fourth-order valence-corrected chi connectivity index (χ4v) is 3.40. The summed E-state index contributed by atoms with van der Waals surface area (Å²) in [6, 6.07) is 0.109. The number of fused-ring (bicyclic) bond motifs is 2. The Morgan fingerprint density at radius 2 is 1.89 bits per heavy atom. The highest BCUT2D eigenvalue weighted by molar-refractivity contribution is 5.88. The van der Waals surface area contributed by atoms with Gasteiger partial charge in [0.05, 0.1) is 7.11 Å². The molecule has 3 aliphatic rings. The van der Waals surface area contributed by atoms with Crippen LogP contribution in [0, 0.1) is 5.92 Å². The topological polar surface area (TPSA) is 55.8 Å². The lowest BCUT2D eigenvalue weighted by atomic mass is 9.64. The lowest BCUT2D eigenvalue weighted by molar-refractivity contribution is -0.183. The molecule has 1 unspecified atom stereocenters. The number of rotatable bonds is 1. The number of ether oxygens (including phenoxy) is 2.